The second-order valence-electron chi connectivity index (χ2n) is 7.82. The number of benzene rings is 2. The Hall–Kier alpha value is -2.39. The van der Waals surface area contributed by atoms with Crippen LogP contribution in [0.5, 0.6) is 17.2 Å². The number of morpholine rings is 1. The molecule has 2 aromatic carbocycles. The van der Waals surface area contributed by atoms with Crippen LogP contribution in [-0.2, 0) is 22.6 Å². The summed E-state index contributed by atoms with van der Waals surface area (Å²) in [6.45, 7) is 5.74. The molecule has 2 aromatic rings. The topological polar surface area (TPSA) is 77.5 Å². The summed E-state index contributed by atoms with van der Waals surface area (Å²) in [5.74, 6) is 1.27. The number of phenolic OH excluding ortho intramolecular Hbond substituents is 1. The standard InChI is InChI=1S/C23H22BrNO6/c1-13-6-18(26)17(10-25-2-4-28-5-3-25)23-20(13)21(27)19(31-23)9-14-7-16(24)8-15-11-29-12-30-22(14)15/h6-9,26H,2-5,10-12H2,1H3/b19-9-. The Labute approximate surface area is 188 Å². The highest BCUT2D eigenvalue weighted by atomic mass is 79.9. The van der Waals surface area contributed by atoms with Gasteiger partial charge in [0.15, 0.2) is 12.6 Å². The van der Waals surface area contributed by atoms with Crippen LogP contribution in [-0.4, -0.2) is 48.9 Å². The van der Waals surface area contributed by atoms with Crippen LogP contribution in [0, 0.1) is 6.92 Å². The molecule has 1 fully saturated rings. The van der Waals surface area contributed by atoms with Gasteiger partial charge in [-0.3, -0.25) is 9.69 Å². The molecule has 0 bridgehead atoms. The molecule has 31 heavy (non-hydrogen) atoms. The molecule has 0 radical (unpaired) electrons. The first-order valence-corrected chi connectivity index (χ1v) is 10.9. The third-order valence-corrected chi connectivity index (χ3v) is 6.15. The van der Waals surface area contributed by atoms with Gasteiger partial charge in [-0.15, -0.1) is 0 Å². The summed E-state index contributed by atoms with van der Waals surface area (Å²) in [5, 5.41) is 10.6. The van der Waals surface area contributed by atoms with Crippen LogP contribution >= 0.6 is 15.9 Å². The normalized spacial score (nSPS) is 19.7. The third kappa shape index (κ3) is 3.85. The number of ketones is 1. The van der Waals surface area contributed by atoms with E-state index in [1.807, 2.05) is 19.1 Å². The van der Waals surface area contributed by atoms with Crippen molar-refractivity contribution in [1.29, 1.82) is 0 Å². The number of aromatic hydroxyl groups is 1. The SMILES string of the molecule is Cc1cc(O)c(CN2CCOCC2)c2c1C(=O)/C(=C/c1cc(Br)cc3c1OCOC3)O2. The number of rotatable bonds is 3. The number of carbonyl (C=O) groups is 1. The predicted octanol–water partition coefficient (Wildman–Crippen LogP) is 3.78. The number of hydrogen-bond donors (Lipinski definition) is 1. The van der Waals surface area contributed by atoms with Crippen molar-refractivity contribution in [3.05, 3.63) is 56.2 Å². The molecular formula is C23H22BrNO6. The number of Topliss-reactive ketones (excluding diaryl/α,β-unsaturated/α-hetero) is 1. The van der Waals surface area contributed by atoms with E-state index in [0.29, 0.717) is 54.6 Å². The monoisotopic (exact) mass is 487 g/mol. The number of fused-ring (bicyclic) bond motifs is 2. The molecule has 0 aromatic heterocycles. The van der Waals surface area contributed by atoms with E-state index in [0.717, 1.165) is 28.7 Å². The van der Waals surface area contributed by atoms with Gasteiger partial charge in [0.05, 0.1) is 30.9 Å². The second-order valence-corrected chi connectivity index (χ2v) is 8.73. The molecule has 0 atom stereocenters. The van der Waals surface area contributed by atoms with E-state index in [9.17, 15) is 9.90 Å². The van der Waals surface area contributed by atoms with Gasteiger partial charge in [0, 0.05) is 35.2 Å². The molecule has 0 saturated carbocycles. The molecule has 162 valence electrons. The van der Waals surface area contributed by atoms with Gasteiger partial charge in [0.2, 0.25) is 5.78 Å². The molecule has 0 unspecified atom stereocenters. The van der Waals surface area contributed by atoms with E-state index in [4.69, 9.17) is 18.9 Å². The smallest absolute Gasteiger partial charge is 0.232 e. The van der Waals surface area contributed by atoms with Crippen molar-refractivity contribution < 1.29 is 28.8 Å². The van der Waals surface area contributed by atoms with Gasteiger partial charge in [-0.2, -0.15) is 0 Å². The summed E-state index contributed by atoms with van der Waals surface area (Å²) in [4.78, 5) is 15.4. The Kier molecular flexibility index (Phi) is 5.47. The van der Waals surface area contributed by atoms with Gasteiger partial charge in [-0.1, -0.05) is 15.9 Å². The second kappa shape index (κ2) is 8.27. The number of phenols is 1. The van der Waals surface area contributed by atoms with Crippen molar-refractivity contribution >= 4 is 27.8 Å². The summed E-state index contributed by atoms with van der Waals surface area (Å²) < 4.78 is 23.4. The first-order chi connectivity index (χ1) is 15.0. The van der Waals surface area contributed by atoms with Crippen molar-refractivity contribution in [3.8, 4) is 17.2 Å². The Balaban J connectivity index is 1.53. The van der Waals surface area contributed by atoms with Crippen LogP contribution in [0.25, 0.3) is 6.08 Å². The van der Waals surface area contributed by atoms with Crippen molar-refractivity contribution in [2.45, 2.75) is 20.1 Å². The zero-order chi connectivity index (χ0) is 21.5. The highest BCUT2D eigenvalue weighted by Crippen LogP contribution is 2.43. The average molecular weight is 488 g/mol. The lowest BCUT2D eigenvalue weighted by Gasteiger charge is -2.27. The predicted molar refractivity (Wildman–Crippen MR) is 116 cm³/mol. The van der Waals surface area contributed by atoms with Crippen molar-refractivity contribution in [2.75, 3.05) is 33.1 Å². The first kappa shape index (κ1) is 20.5. The summed E-state index contributed by atoms with van der Waals surface area (Å²) in [5.41, 5.74) is 3.45. The minimum atomic E-state index is -0.198. The average Bonchev–Trinajstić information content (AvgIpc) is 3.08. The molecule has 0 aliphatic carbocycles. The lowest BCUT2D eigenvalue weighted by Crippen LogP contribution is -2.35. The Bertz CT molecular complexity index is 1090. The largest absolute Gasteiger partial charge is 0.507 e. The van der Waals surface area contributed by atoms with Crippen molar-refractivity contribution in [2.24, 2.45) is 0 Å². The highest BCUT2D eigenvalue weighted by Gasteiger charge is 2.34. The number of carbonyl (C=O) groups excluding carboxylic acids is 1. The quantitative estimate of drug-likeness (QED) is 0.660. The molecule has 0 amide bonds. The van der Waals surface area contributed by atoms with Crippen molar-refractivity contribution in [1.82, 2.24) is 4.90 Å². The number of nitrogens with zero attached hydrogens (tertiary/aromatic N) is 1. The van der Waals surface area contributed by atoms with Crippen LogP contribution < -0.4 is 9.47 Å². The van der Waals surface area contributed by atoms with Crippen LogP contribution in [0.4, 0.5) is 0 Å². The Morgan fingerprint density at radius 3 is 2.77 bits per heavy atom. The molecule has 1 saturated heterocycles. The van der Waals surface area contributed by atoms with Gasteiger partial charge < -0.3 is 24.1 Å². The maximum atomic E-state index is 13.2. The number of aryl methyl sites for hydroxylation is 1. The molecule has 1 N–H and O–H groups in total. The molecule has 3 aliphatic heterocycles. The van der Waals surface area contributed by atoms with E-state index in [1.165, 1.54) is 0 Å². The van der Waals surface area contributed by atoms with Crippen LogP contribution in [0.1, 0.15) is 32.6 Å². The van der Waals surface area contributed by atoms with Gasteiger partial charge in [-0.05, 0) is 36.8 Å². The fourth-order valence-corrected chi connectivity index (χ4v) is 4.70. The minimum absolute atomic E-state index is 0.136. The maximum absolute atomic E-state index is 13.2. The van der Waals surface area contributed by atoms with Gasteiger partial charge >= 0.3 is 0 Å². The summed E-state index contributed by atoms with van der Waals surface area (Å²) >= 11 is 3.51. The molecule has 8 heteroatoms. The number of ether oxygens (including phenoxy) is 4. The summed E-state index contributed by atoms with van der Waals surface area (Å²) in [6.07, 6.45) is 1.70. The zero-order valence-corrected chi connectivity index (χ0v) is 18.7. The minimum Gasteiger partial charge on any atom is -0.507 e. The number of hydrogen-bond acceptors (Lipinski definition) is 7. The van der Waals surface area contributed by atoms with Gasteiger partial charge in [0.1, 0.15) is 17.2 Å². The highest BCUT2D eigenvalue weighted by molar-refractivity contribution is 9.10. The van der Waals surface area contributed by atoms with Crippen molar-refractivity contribution in [3.63, 3.8) is 0 Å². The van der Waals surface area contributed by atoms with Gasteiger partial charge in [0.25, 0.3) is 0 Å². The summed E-state index contributed by atoms with van der Waals surface area (Å²) in [6, 6.07) is 5.46. The number of allylic oxidation sites excluding steroid dienone is 1. The molecular weight excluding hydrogens is 466 g/mol. The third-order valence-electron chi connectivity index (χ3n) is 5.70. The molecule has 3 aliphatic rings. The number of halogens is 1. The Morgan fingerprint density at radius 2 is 1.97 bits per heavy atom. The molecule has 0 spiro atoms. The summed E-state index contributed by atoms with van der Waals surface area (Å²) in [7, 11) is 0. The lowest BCUT2D eigenvalue weighted by atomic mass is 9.98. The zero-order valence-electron chi connectivity index (χ0n) is 17.1. The van der Waals surface area contributed by atoms with Crippen LogP contribution in [0.3, 0.4) is 0 Å². The van der Waals surface area contributed by atoms with E-state index in [1.54, 1.807) is 12.1 Å². The van der Waals surface area contributed by atoms with Crippen LogP contribution in [0.2, 0.25) is 0 Å². The molecule has 5 rings (SSSR count). The Morgan fingerprint density at radius 1 is 1.16 bits per heavy atom. The van der Waals surface area contributed by atoms with Gasteiger partial charge in [-0.25, -0.2) is 0 Å². The van der Waals surface area contributed by atoms with E-state index in [2.05, 4.69) is 20.8 Å². The van der Waals surface area contributed by atoms with E-state index < -0.39 is 0 Å². The fraction of sp³-hybridized carbons (Fsp3) is 0.348. The van der Waals surface area contributed by atoms with Crippen LogP contribution in [0.15, 0.2) is 28.4 Å². The first-order valence-electron chi connectivity index (χ1n) is 10.1. The lowest BCUT2D eigenvalue weighted by molar-refractivity contribution is -0.0165. The fourth-order valence-electron chi connectivity index (χ4n) is 4.17. The molecule has 3 heterocycles. The van der Waals surface area contributed by atoms with E-state index in [-0.39, 0.29) is 24.1 Å². The molecule has 7 nitrogen and oxygen atoms in total. The van der Waals surface area contributed by atoms with E-state index >= 15 is 0 Å². The maximum Gasteiger partial charge on any atom is 0.232 e.